The monoisotopic (exact) mass is 384 g/mol. The number of fused-ring (bicyclic) bond motifs is 1. The van der Waals surface area contributed by atoms with Gasteiger partial charge in [-0.3, -0.25) is 9.59 Å². The van der Waals surface area contributed by atoms with Crippen LogP contribution in [0.3, 0.4) is 0 Å². The molecule has 1 fully saturated rings. The van der Waals surface area contributed by atoms with E-state index < -0.39 is 35.8 Å². The van der Waals surface area contributed by atoms with Crippen LogP contribution in [0.4, 0.5) is 0 Å². The van der Waals surface area contributed by atoms with E-state index in [9.17, 15) is 29.4 Å². The molecule has 1 aliphatic rings. The van der Waals surface area contributed by atoms with Gasteiger partial charge >= 0.3 is 11.9 Å². The number of nitrogens with zero attached hydrogens (tertiary/aromatic N) is 1. The topological polar surface area (TPSA) is 124 Å². The standard InChI is InChI=1S/C20H20N2O6/c1-11(18(24)22-10-4-7-15(22)20(27)28)21-17(23)16-13-6-3-2-5-12(13)8-9-14(16)19(25)26/h2-3,5-6,8-9,11,15H,4,7,10H2,1H3,(H,21,23)(H,25,26)(H,27,28)/t11-,15-/m0/s1. The number of hydrogen-bond donors (Lipinski definition) is 3. The van der Waals surface area contributed by atoms with Gasteiger partial charge in [0.25, 0.3) is 5.91 Å². The number of benzene rings is 2. The number of amides is 2. The van der Waals surface area contributed by atoms with E-state index in [1.54, 1.807) is 30.3 Å². The van der Waals surface area contributed by atoms with E-state index in [2.05, 4.69) is 5.32 Å². The first-order valence-electron chi connectivity index (χ1n) is 8.90. The molecule has 1 heterocycles. The average molecular weight is 384 g/mol. The highest BCUT2D eigenvalue weighted by Crippen LogP contribution is 2.23. The fourth-order valence-corrected chi connectivity index (χ4v) is 3.56. The Labute approximate surface area is 160 Å². The molecule has 2 atom stereocenters. The highest BCUT2D eigenvalue weighted by atomic mass is 16.4. The molecule has 8 nitrogen and oxygen atoms in total. The molecular weight excluding hydrogens is 364 g/mol. The van der Waals surface area contributed by atoms with E-state index in [-0.39, 0.29) is 11.1 Å². The van der Waals surface area contributed by atoms with Crippen molar-refractivity contribution in [2.75, 3.05) is 6.54 Å². The number of rotatable bonds is 5. The molecule has 0 radical (unpaired) electrons. The average Bonchev–Trinajstić information content (AvgIpc) is 3.16. The molecule has 1 aliphatic heterocycles. The molecule has 0 aliphatic carbocycles. The predicted molar refractivity (Wildman–Crippen MR) is 100 cm³/mol. The lowest BCUT2D eigenvalue weighted by molar-refractivity contribution is -0.148. The zero-order chi connectivity index (χ0) is 20.4. The quantitative estimate of drug-likeness (QED) is 0.721. The van der Waals surface area contributed by atoms with Gasteiger partial charge in [-0.25, -0.2) is 9.59 Å². The molecule has 0 unspecified atom stereocenters. The Bertz CT molecular complexity index is 970. The Kier molecular flexibility index (Phi) is 5.30. The van der Waals surface area contributed by atoms with Crippen LogP contribution in [0, 0.1) is 0 Å². The van der Waals surface area contributed by atoms with Crippen LogP contribution in [0.5, 0.6) is 0 Å². The predicted octanol–water partition coefficient (Wildman–Crippen LogP) is 1.73. The molecule has 0 bridgehead atoms. The minimum atomic E-state index is -1.25. The lowest BCUT2D eigenvalue weighted by atomic mass is 9.98. The van der Waals surface area contributed by atoms with Gasteiger partial charge in [0.1, 0.15) is 12.1 Å². The van der Waals surface area contributed by atoms with Crippen molar-refractivity contribution in [2.24, 2.45) is 0 Å². The third kappa shape index (κ3) is 3.53. The maximum absolute atomic E-state index is 12.9. The van der Waals surface area contributed by atoms with Crippen LogP contribution in [0.15, 0.2) is 36.4 Å². The Morgan fingerprint density at radius 2 is 1.82 bits per heavy atom. The SMILES string of the molecule is C[C@H](NC(=O)c1c(C(=O)O)ccc2ccccc12)C(=O)N1CCC[C@H]1C(=O)O. The first-order valence-corrected chi connectivity index (χ1v) is 8.90. The molecule has 28 heavy (non-hydrogen) atoms. The van der Waals surface area contributed by atoms with Crippen molar-refractivity contribution in [3.63, 3.8) is 0 Å². The second kappa shape index (κ2) is 7.67. The number of hydrogen-bond acceptors (Lipinski definition) is 4. The summed E-state index contributed by atoms with van der Waals surface area (Å²) in [5, 5.41) is 22.4. The number of nitrogens with one attached hydrogen (secondary N) is 1. The van der Waals surface area contributed by atoms with Crippen molar-refractivity contribution >= 4 is 34.5 Å². The maximum Gasteiger partial charge on any atom is 0.336 e. The number of carbonyl (C=O) groups is 4. The van der Waals surface area contributed by atoms with Crippen LogP contribution < -0.4 is 5.32 Å². The van der Waals surface area contributed by atoms with E-state index >= 15 is 0 Å². The Balaban J connectivity index is 1.88. The highest BCUT2D eigenvalue weighted by molar-refractivity contribution is 6.14. The Hall–Kier alpha value is -3.42. The van der Waals surface area contributed by atoms with Crippen LogP contribution in [0.1, 0.15) is 40.5 Å². The van der Waals surface area contributed by atoms with Crippen molar-refractivity contribution in [3.05, 3.63) is 47.5 Å². The molecule has 0 saturated carbocycles. The van der Waals surface area contributed by atoms with Crippen molar-refractivity contribution in [1.82, 2.24) is 10.2 Å². The van der Waals surface area contributed by atoms with Gasteiger partial charge in [0, 0.05) is 6.54 Å². The highest BCUT2D eigenvalue weighted by Gasteiger charge is 2.36. The third-order valence-electron chi connectivity index (χ3n) is 4.93. The lowest BCUT2D eigenvalue weighted by Crippen LogP contribution is -2.50. The zero-order valence-corrected chi connectivity index (χ0v) is 15.2. The smallest absolute Gasteiger partial charge is 0.336 e. The summed E-state index contributed by atoms with van der Waals surface area (Å²) in [6.45, 7) is 1.77. The van der Waals surface area contributed by atoms with Gasteiger partial charge in [-0.05, 0) is 36.6 Å². The summed E-state index contributed by atoms with van der Waals surface area (Å²) in [7, 11) is 0. The molecule has 3 N–H and O–H groups in total. The fraction of sp³-hybridized carbons (Fsp3) is 0.300. The van der Waals surface area contributed by atoms with Crippen molar-refractivity contribution in [1.29, 1.82) is 0 Å². The van der Waals surface area contributed by atoms with Gasteiger partial charge < -0.3 is 20.4 Å². The van der Waals surface area contributed by atoms with Crippen molar-refractivity contribution in [3.8, 4) is 0 Å². The fourth-order valence-electron chi connectivity index (χ4n) is 3.56. The van der Waals surface area contributed by atoms with Crippen LogP contribution in [0.2, 0.25) is 0 Å². The first kappa shape index (κ1) is 19.3. The number of likely N-dealkylation sites (tertiary alicyclic amines) is 1. The summed E-state index contributed by atoms with van der Waals surface area (Å²) in [6.07, 6.45) is 0.948. The summed E-state index contributed by atoms with van der Waals surface area (Å²) in [5.74, 6) is -3.52. The number of aromatic carboxylic acids is 1. The van der Waals surface area contributed by atoms with Gasteiger partial charge in [-0.2, -0.15) is 0 Å². The molecule has 3 rings (SSSR count). The second-order valence-electron chi connectivity index (χ2n) is 6.74. The van der Waals surface area contributed by atoms with Gasteiger partial charge in [-0.1, -0.05) is 30.3 Å². The third-order valence-corrected chi connectivity index (χ3v) is 4.93. The molecule has 0 spiro atoms. The normalized spacial score (nSPS) is 17.3. The van der Waals surface area contributed by atoms with Crippen molar-refractivity contribution in [2.45, 2.75) is 31.8 Å². The molecule has 2 aromatic carbocycles. The van der Waals surface area contributed by atoms with E-state index in [0.29, 0.717) is 30.2 Å². The Morgan fingerprint density at radius 1 is 1.11 bits per heavy atom. The molecule has 0 aromatic heterocycles. The Morgan fingerprint density at radius 3 is 2.50 bits per heavy atom. The van der Waals surface area contributed by atoms with Gasteiger partial charge in [0.05, 0.1) is 11.1 Å². The number of carboxylic acids is 2. The summed E-state index contributed by atoms with van der Waals surface area (Å²) < 4.78 is 0. The van der Waals surface area contributed by atoms with Gasteiger partial charge in [0.15, 0.2) is 0 Å². The summed E-state index contributed by atoms with van der Waals surface area (Å²) in [4.78, 5) is 49.7. The number of aliphatic carboxylic acids is 1. The van der Waals surface area contributed by atoms with E-state index in [1.165, 1.54) is 17.9 Å². The molecule has 2 aromatic rings. The summed E-state index contributed by atoms with van der Waals surface area (Å²) in [6, 6.07) is 7.95. The van der Waals surface area contributed by atoms with Crippen LogP contribution >= 0.6 is 0 Å². The summed E-state index contributed by atoms with van der Waals surface area (Å²) >= 11 is 0. The van der Waals surface area contributed by atoms with E-state index in [1.807, 2.05) is 0 Å². The van der Waals surface area contributed by atoms with E-state index in [0.717, 1.165) is 0 Å². The first-order chi connectivity index (χ1) is 13.3. The van der Waals surface area contributed by atoms with Gasteiger partial charge in [0.2, 0.25) is 5.91 Å². The minimum absolute atomic E-state index is 0.0264. The lowest BCUT2D eigenvalue weighted by Gasteiger charge is -2.25. The van der Waals surface area contributed by atoms with Crippen molar-refractivity contribution < 1.29 is 29.4 Å². The second-order valence-corrected chi connectivity index (χ2v) is 6.74. The maximum atomic E-state index is 12.9. The number of carbonyl (C=O) groups excluding carboxylic acids is 2. The molecule has 2 amide bonds. The van der Waals surface area contributed by atoms with Crippen LogP contribution in [-0.2, 0) is 9.59 Å². The largest absolute Gasteiger partial charge is 0.480 e. The number of carboxylic acid groups (broad SMARTS) is 2. The summed E-state index contributed by atoms with van der Waals surface area (Å²) in [5.41, 5.74) is -0.193. The van der Waals surface area contributed by atoms with E-state index in [4.69, 9.17) is 0 Å². The van der Waals surface area contributed by atoms with Crippen LogP contribution in [-0.4, -0.2) is 57.5 Å². The van der Waals surface area contributed by atoms with Crippen LogP contribution in [0.25, 0.3) is 10.8 Å². The molecule has 8 heteroatoms. The minimum Gasteiger partial charge on any atom is -0.480 e. The van der Waals surface area contributed by atoms with Gasteiger partial charge in [-0.15, -0.1) is 0 Å². The molecular formula is C20H20N2O6. The molecule has 1 saturated heterocycles. The molecule has 146 valence electrons. The zero-order valence-electron chi connectivity index (χ0n) is 15.2.